The highest BCUT2D eigenvalue weighted by Gasteiger charge is 2.22. The monoisotopic (exact) mass is 254 g/mol. The largest absolute Gasteiger partial charge is 0.439 e. The summed E-state index contributed by atoms with van der Waals surface area (Å²) in [4.78, 5) is 6.79. The second-order valence-corrected chi connectivity index (χ2v) is 4.98. The van der Waals surface area contributed by atoms with Crippen LogP contribution in [0.15, 0.2) is 48.7 Å². The van der Waals surface area contributed by atoms with Crippen molar-refractivity contribution in [1.29, 1.82) is 0 Å². The number of benzene rings is 1. The number of rotatable bonds is 3. The van der Waals surface area contributed by atoms with E-state index in [0.29, 0.717) is 11.9 Å². The third-order valence-corrected chi connectivity index (χ3v) is 3.63. The van der Waals surface area contributed by atoms with Gasteiger partial charge in [0.1, 0.15) is 5.75 Å². The zero-order valence-corrected chi connectivity index (χ0v) is 11.1. The van der Waals surface area contributed by atoms with Gasteiger partial charge in [-0.2, -0.15) is 0 Å². The molecule has 1 aromatic carbocycles. The van der Waals surface area contributed by atoms with Crippen LogP contribution in [0.25, 0.3) is 0 Å². The molecule has 0 spiro atoms. The maximum Gasteiger partial charge on any atom is 0.219 e. The second-order valence-electron chi connectivity index (χ2n) is 4.98. The molecule has 1 fully saturated rings. The summed E-state index contributed by atoms with van der Waals surface area (Å²) in [5, 5.41) is 0. The van der Waals surface area contributed by atoms with E-state index >= 15 is 0 Å². The predicted molar refractivity (Wildman–Crippen MR) is 75.4 cm³/mol. The van der Waals surface area contributed by atoms with Crippen molar-refractivity contribution in [3.63, 3.8) is 0 Å². The number of nitrogens with zero attached hydrogens (tertiary/aromatic N) is 2. The van der Waals surface area contributed by atoms with Gasteiger partial charge in [0, 0.05) is 18.3 Å². The SMILES string of the molecule is CN1CCCC1c1ccc(Oc2ccccc2)nc1. The average Bonchev–Trinajstić information content (AvgIpc) is 2.87. The van der Waals surface area contributed by atoms with Gasteiger partial charge in [0.25, 0.3) is 0 Å². The quantitative estimate of drug-likeness (QED) is 0.836. The van der Waals surface area contributed by atoms with Crippen LogP contribution in [0.2, 0.25) is 0 Å². The summed E-state index contributed by atoms with van der Waals surface area (Å²) in [5.41, 5.74) is 1.28. The predicted octanol–water partition coefficient (Wildman–Crippen LogP) is 3.64. The first-order valence-electron chi connectivity index (χ1n) is 6.72. The number of ether oxygens (including phenoxy) is 1. The molecule has 2 heterocycles. The fraction of sp³-hybridized carbons (Fsp3) is 0.312. The summed E-state index contributed by atoms with van der Waals surface area (Å²) in [5.74, 6) is 1.47. The lowest BCUT2D eigenvalue weighted by Crippen LogP contribution is -2.17. The molecule has 3 heteroatoms. The van der Waals surface area contributed by atoms with Gasteiger partial charge in [-0.15, -0.1) is 0 Å². The van der Waals surface area contributed by atoms with Crippen molar-refractivity contribution < 1.29 is 4.74 Å². The first kappa shape index (κ1) is 12.2. The molecule has 1 aliphatic heterocycles. The third-order valence-electron chi connectivity index (χ3n) is 3.63. The Kier molecular flexibility index (Phi) is 3.47. The summed E-state index contributed by atoms with van der Waals surface area (Å²) in [6.07, 6.45) is 4.42. The molecule has 1 atom stereocenters. The molecule has 0 amide bonds. The van der Waals surface area contributed by atoms with E-state index in [1.807, 2.05) is 42.6 Å². The molecular formula is C16H18N2O. The molecule has 1 aromatic heterocycles. The van der Waals surface area contributed by atoms with Gasteiger partial charge in [-0.1, -0.05) is 24.3 Å². The standard InChI is InChI=1S/C16H18N2O/c1-18-11-5-8-15(18)13-9-10-16(17-12-13)19-14-6-3-2-4-7-14/h2-4,6-7,9-10,12,15H,5,8,11H2,1H3. The first-order valence-corrected chi connectivity index (χ1v) is 6.72. The third kappa shape index (κ3) is 2.76. The van der Waals surface area contributed by atoms with Crippen molar-refractivity contribution in [1.82, 2.24) is 9.88 Å². The molecule has 1 unspecified atom stereocenters. The van der Waals surface area contributed by atoms with Crippen LogP contribution in [-0.2, 0) is 0 Å². The maximum atomic E-state index is 5.70. The van der Waals surface area contributed by atoms with Gasteiger partial charge in [0.05, 0.1) is 0 Å². The number of likely N-dealkylation sites (tertiary alicyclic amines) is 1. The Balaban J connectivity index is 1.72. The van der Waals surface area contributed by atoms with E-state index in [4.69, 9.17) is 4.74 Å². The minimum absolute atomic E-state index is 0.512. The van der Waals surface area contributed by atoms with Crippen molar-refractivity contribution in [2.45, 2.75) is 18.9 Å². The van der Waals surface area contributed by atoms with Gasteiger partial charge in [-0.25, -0.2) is 4.98 Å². The molecule has 3 nitrogen and oxygen atoms in total. The highest BCUT2D eigenvalue weighted by atomic mass is 16.5. The Morgan fingerprint density at radius 1 is 1.16 bits per heavy atom. The van der Waals surface area contributed by atoms with E-state index in [1.54, 1.807) is 0 Å². The molecule has 0 radical (unpaired) electrons. The molecular weight excluding hydrogens is 236 g/mol. The summed E-state index contributed by atoms with van der Waals surface area (Å²) in [7, 11) is 2.17. The first-order chi connectivity index (χ1) is 9.33. The van der Waals surface area contributed by atoms with Gasteiger partial charge >= 0.3 is 0 Å². The van der Waals surface area contributed by atoms with Crippen molar-refractivity contribution in [3.05, 3.63) is 54.2 Å². The van der Waals surface area contributed by atoms with Gasteiger partial charge < -0.3 is 4.74 Å². The zero-order chi connectivity index (χ0) is 13.1. The van der Waals surface area contributed by atoms with E-state index in [0.717, 1.165) is 5.75 Å². The molecule has 0 aliphatic carbocycles. The smallest absolute Gasteiger partial charge is 0.219 e. The summed E-state index contributed by atoms with van der Waals surface area (Å²) in [6, 6.07) is 14.3. The Bertz CT molecular complexity index is 524. The molecule has 19 heavy (non-hydrogen) atoms. The van der Waals surface area contributed by atoms with Crippen LogP contribution >= 0.6 is 0 Å². The van der Waals surface area contributed by atoms with Crippen LogP contribution in [0.3, 0.4) is 0 Å². The Morgan fingerprint density at radius 3 is 2.63 bits per heavy atom. The van der Waals surface area contributed by atoms with Crippen molar-refractivity contribution in [2.75, 3.05) is 13.6 Å². The number of pyridine rings is 1. The molecule has 0 saturated carbocycles. The fourth-order valence-corrected chi connectivity index (χ4v) is 2.59. The topological polar surface area (TPSA) is 25.4 Å². The molecule has 2 aromatic rings. The van der Waals surface area contributed by atoms with Crippen molar-refractivity contribution in [3.8, 4) is 11.6 Å². The maximum absolute atomic E-state index is 5.70. The molecule has 3 rings (SSSR count). The molecule has 1 saturated heterocycles. The number of hydrogen-bond donors (Lipinski definition) is 0. The highest BCUT2D eigenvalue weighted by Crippen LogP contribution is 2.30. The van der Waals surface area contributed by atoms with Gasteiger partial charge in [0.2, 0.25) is 5.88 Å². The summed E-state index contributed by atoms with van der Waals surface area (Å²) < 4.78 is 5.70. The number of aromatic nitrogens is 1. The van der Waals surface area contributed by atoms with Crippen LogP contribution < -0.4 is 4.74 Å². The lowest BCUT2D eigenvalue weighted by molar-refractivity contribution is 0.316. The van der Waals surface area contributed by atoms with E-state index in [1.165, 1.54) is 24.9 Å². The lowest BCUT2D eigenvalue weighted by atomic mass is 10.1. The van der Waals surface area contributed by atoms with E-state index in [9.17, 15) is 0 Å². The van der Waals surface area contributed by atoms with Crippen LogP contribution in [-0.4, -0.2) is 23.5 Å². The number of para-hydroxylation sites is 1. The van der Waals surface area contributed by atoms with Gasteiger partial charge in [-0.05, 0) is 44.1 Å². The van der Waals surface area contributed by atoms with E-state index in [2.05, 4.69) is 23.0 Å². The Morgan fingerprint density at radius 2 is 2.00 bits per heavy atom. The minimum atomic E-state index is 0.512. The highest BCUT2D eigenvalue weighted by molar-refractivity contribution is 5.28. The van der Waals surface area contributed by atoms with Crippen molar-refractivity contribution >= 4 is 0 Å². The second kappa shape index (κ2) is 5.41. The molecule has 1 aliphatic rings. The fourth-order valence-electron chi connectivity index (χ4n) is 2.59. The average molecular weight is 254 g/mol. The van der Waals surface area contributed by atoms with E-state index in [-0.39, 0.29) is 0 Å². The number of hydrogen-bond acceptors (Lipinski definition) is 3. The van der Waals surface area contributed by atoms with Crippen molar-refractivity contribution in [2.24, 2.45) is 0 Å². The Hall–Kier alpha value is -1.87. The lowest BCUT2D eigenvalue weighted by Gasteiger charge is -2.19. The normalized spacial score (nSPS) is 19.5. The van der Waals surface area contributed by atoms with Crippen LogP contribution in [0.1, 0.15) is 24.4 Å². The minimum Gasteiger partial charge on any atom is -0.439 e. The van der Waals surface area contributed by atoms with E-state index < -0.39 is 0 Å². The molecule has 98 valence electrons. The molecule has 0 bridgehead atoms. The summed E-state index contributed by atoms with van der Waals surface area (Å²) in [6.45, 7) is 1.17. The molecule has 0 N–H and O–H groups in total. The van der Waals surface area contributed by atoms with Crippen LogP contribution in [0, 0.1) is 0 Å². The summed E-state index contributed by atoms with van der Waals surface area (Å²) >= 11 is 0. The van der Waals surface area contributed by atoms with Crippen LogP contribution in [0.5, 0.6) is 11.6 Å². The van der Waals surface area contributed by atoms with Gasteiger partial charge in [-0.3, -0.25) is 4.90 Å². The zero-order valence-electron chi connectivity index (χ0n) is 11.1. The van der Waals surface area contributed by atoms with Gasteiger partial charge in [0.15, 0.2) is 0 Å². The van der Waals surface area contributed by atoms with Crippen LogP contribution in [0.4, 0.5) is 0 Å². The Labute approximate surface area is 113 Å².